The summed E-state index contributed by atoms with van der Waals surface area (Å²) in [5.41, 5.74) is 1.02. The van der Waals surface area contributed by atoms with Crippen LogP contribution in [0.25, 0.3) is 0 Å². The van der Waals surface area contributed by atoms with Crippen LogP contribution in [0.5, 0.6) is 6.01 Å². The number of aromatic amines is 1. The molecule has 0 unspecified atom stereocenters. The Morgan fingerprint density at radius 3 is 3.11 bits per heavy atom. The molecule has 2 N–H and O–H groups in total. The maximum Gasteiger partial charge on any atom is 0.336 e. The summed E-state index contributed by atoms with van der Waals surface area (Å²) in [5.74, 6) is 0.140. The van der Waals surface area contributed by atoms with E-state index >= 15 is 0 Å². The molecule has 94 valence electrons. The Morgan fingerprint density at radius 1 is 1.56 bits per heavy atom. The molecule has 0 saturated heterocycles. The zero-order valence-electron chi connectivity index (χ0n) is 9.88. The third-order valence-electron chi connectivity index (χ3n) is 2.27. The molecular formula is C11H13N5O2. The number of pyridine rings is 1. The Morgan fingerprint density at radius 2 is 2.44 bits per heavy atom. The summed E-state index contributed by atoms with van der Waals surface area (Å²) in [5, 5.41) is 8.88. The van der Waals surface area contributed by atoms with Crippen molar-refractivity contribution in [3.63, 3.8) is 0 Å². The molecule has 0 atom stereocenters. The minimum Gasteiger partial charge on any atom is -0.466 e. The van der Waals surface area contributed by atoms with Crippen molar-refractivity contribution < 1.29 is 9.53 Å². The normalized spacial score (nSPS) is 10.1. The fraction of sp³-hybridized carbons (Fsp3) is 0.273. The van der Waals surface area contributed by atoms with E-state index in [0.717, 1.165) is 5.56 Å². The molecule has 0 spiro atoms. The van der Waals surface area contributed by atoms with Crippen molar-refractivity contribution in [2.24, 2.45) is 0 Å². The van der Waals surface area contributed by atoms with Crippen LogP contribution in [-0.4, -0.2) is 33.2 Å². The second-order valence-electron chi connectivity index (χ2n) is 3.58. The highest BCUT2D eigenvalue weighted by Crippen LogP contribution is 2.06. The number of rotatable bonds is 5. The van der Waals surface area contributed by atoms with Crippen LogP contribution in [0, 0.1) is 0 Å². The first-order chi connectivity index (χ1) is 8.78. The number of nitrogens with zero attached hydrogens (tertiary/aromatic N) is 3. The minimum atomic E-state index is -0.141. The van der Waals surface area contributed by atoms with E-state index in [9.17, 15) is 4.79 Å². The lowest BCUT2D eigenvalue weighted by Gasteiger charge is -2.01. The third-order valence-corrected chi connectivity index (χ3v) is 2.27. The number of carbonyl (C=O) groups is 1. The van der Waals surface area contributed by atoms with Gasteiger partial charge in [0.2, 0.25) is 11.9 Å². The van der Waals surface area contributed by atoms with E-state index in [1.807, 2.05) is 12.1 Å². The lowest BCUT2D eigenvalue weighted by Crippen LogP contribution is -2.13. The first-order valence-corrected chi connectivity index (χ1v) is 5.43. The van der Waals surface area contributed by atoms with Crippen LogP contribution in [0.2, 0.25) is 0 Å². The number of aryl methyl sites for hydroxylation is 1. The average molecular weight is 247 g/mol. The summed E-state index contributed by atoms with van der Waals surface area (Å²) < 4.78 is 4.79. The molecule has 0 radical (unpaired) electrons. The Kier molecular flexibility index (Phi) is 3.85. The van der Waals surface area contributed by atoms with Gasteiger partial charge < -0.3 is 4.74 Å². The van der Waals surface area contributed by atoms with Crippen molar-refractivity contribution in [2.75, 3.05) is 12.4 Å². The smallest absolute Gasteiger partial charge is 0.336 e. The van der Waals surface area contributed by atoms with Crippen LogP contribution in [0.4, 0.5) is 5.95 Å². The van der Waals surface area contributed by atoms with Crippen molar-refractivity contribution in [2.45, 2.75) is 12.8 Å². The second-order valence-corrected chi connectivity index (χ2v) is 3.58. The third kappa shape index (κ3) is 3.27. The molecule has 7 heteroatoms. The summed E-state index contributed by atoms with van der Waals surface area (Å²) in [6, 6.07) is 3.96. The number of carbonyl (C=O) groups excluding carboxylic acids is 1. The van der Waals surface area contributed by atoms with Gasteiger partial charge in [0.15, 0.2) is 0 Å². The number of anilines is 1. The van der Waals surface area contributed by atoms with Crippen LogP contribution >= 0.6 is 0 Å². The Balaban J connectivity index is 1.82. The number of aromatic nitrogens is 4. The zero-order valence-corrected chi connectivity index (χ0v) is 9.88. The van der Waals surface area contributed by atoms with Gasteiger partial charge in [0.05, 0.1) is 7.11 Å². The van der Waals surface area contributed by atoms with Gasteiger partial charge in [0, 0.05) is 18.8 Å². The van der Waals surface area contributed by atoms with E-state index < -0.39 is 0 Å². The predicted octanol–water partition coefficient (Wildman–Crippen LogP) is 0.780. The molecular weight excluding hydrogens is 234 g/mol. The molecule has 2 aromatic rings. The first-order valence-electron chi connectivity index (χ1n) is 5.43. The number of hydrogen-bond acceptors (Lipinski definition) is 5. The van der Waals surface area contributed by atoms with Gasteiger partial charge in [-0.1, -0.05) is 6.07 Å². The molecule has 0 aliphatic heterocycles. The maximum absolute atomic E-state index is 11.6. The zero-order chi connectivity index (χ0) is 12.8. The summed E-state index contributed by atoms with van der Waals surface area (Å²) in [7, 11) is 1.46. The summed E-state index contributed by atoms with van der Waals surface area (Å²) in [6.45, 7) is 0. The molecule has 18 heavy (non-hydrogen) atoms. The summed E-state index contributed by atoms with van der Waals surface area (Å²) in [4.78, 5) is 19.5. The first kappa shape index (κ1) is 12.0. The van der Waals surface area contributed by atoms with Crippen molar-refractivity contribution >= 4 is 11.9 Å². The predicted molar refractivity (Wildman–Crippen MR) is 64.1 cm³/mol. The number of hydrogen-bond donors (Lipinski definition) is 2. The minimum absolute atomic E-state index is 0.141. The van der Waals surface area contributed by atoms with Gasteiger partial charge in [-0.05, 0) is 18.1 Å². The number of nitrogens with one attached hydrogen (secondary N) is 2. The fourth-order valence-electron chi connectivity index (χ4n) is 1.39. The van der Waals surface area contributed by atoms with E-state index in [0.29, 0.717) is 12.8 Å². The fourth-order valence-corrected chi connectivity index (χ4v) is 1.39. The van der Waals surface area contributed by atoms with Crippen molar-refractivity contribution in [1.29, 1.82) is 0 Å². The number of ether oxygens (including phenoxy) is 1. The van der Waals surface area contributed by atoms with Gasteiger partial charge in [-0.15, -0.1) is 5.10 Å². The molecule has 0 fully saturated rings. The van der Waals surface area contributed by atoms with Gasteiger partial charge in [-0.2, -0.15) is 4.98 Å². The number of H-pyrrole nitrogens is 1. The SMILES string of the molecule is COc1n[nH]c(NC(=O)CCc2cccnc2)n1. The van der Waals surface area contributed by atoms with E-state index in [1.165, 1.54) is 7.11 Å². The highest BCUT2D eigenvalue weighted by atomic mass is 16.5. The largest absolute Gasteiger partial charge is 0.466 e. The molecule has 1 amide bonds. The van der Waals surface area contributed by atoms with Crippen LogP contribution < -0.4 is 10.1 Å². The monoisotopic (exact) mass is 247 g/mol. The lowest BCUT2D eigenvalue weighted by atomic mass is 10.1. The van der Waals surface area contributed by atoms with Crippen molar-refractivity contribution in [1.82, 2.24) is 20.2 Å². The molecule has 2 rings (SSSR count). The van der Waals surface area contributed by atoms with Gasteiger partial charge in [-0.3, -0.25) is 15.1 Å². The van der Waals surface area contributed by atoms with Crippen LogP contribution in [0.3, 0.4) is 0 Å². The highest BCUT2D eigenvalue weighted by Gasteiger charge is 2.07. The Labute approximate surface area is 104 Å². The van der Waals surface area contributed by atoms with E-state index in [4.69, 9.17) is 4.74 Å². The van der Waals surface area contributed by atoms with Gasteiger partial charge in [-0.25, -0.2) is 5.10 Å². The average Bonchev–Trinajstić information content (AvgIpc) is 2.85. The highest BCUT2D eigenvalue weighted by molar-refractivity contribution is 5.89. The molecule has 0 aliphatic carbocycles. The Bertz CT molecular complexity index is 511. The van der Waals surface area contributed by atoms with Crippen LogP contribution in [0.1, 0.15) is 12.0 Å². The maximum atomic E-state index is 11.6. The van der Waals surface area contributed by atoms with Gasteiger partial charge in [0.25, 0.3) is 0 Å². The molecule has 0 aromatic carbocycles. The number of methoxy groups -OCH3 is 1. The summed E-state index contributed by atoms with van der Waals surface area (Å²) >= 11 is 0. The molecule has 0 bridgehead atoms. The van der Waals surface area contributed by atoms with Crippen LogP contribution in [0.15, 0.2) is 24.5 Å². The molecule has 2 aromatic heterocycles. The summed E-state index contributed by atoms with van der Waals surface area (Å²) in [6.07, 6.45) is 4.43. The standard InChI is InChI=1S/C11H13N5O2/c1-18-11-14-10(15-16-11)13-9(17)5-4-8-3-2-6-12-7-8/h2-3,6-7H,4-5H2,1H3,(H2,13,14,15,16,17). The number of amides is 1. The molecule has 0 aliphatic rings. The van der Waals surface area contributed by atoms with E-state index in [2.05, 4.69) is 25.5 Å². The van der Waals surface area contributed by atoms with E-state index in [-0.39, 0.29) is 17.9 Å². The second kappa shape index (κ2) is 5.76. The van der Waals surface area contributed by atoms with E-state index in [1.54, 1.807) is 12.4 Å². The topological polar surface area (TPSA) is 92.8 Å². The van der Waals surface area contributed by atoms with Crippen LogP contribution in [-0.2, 0) is 11.2 Å². The lowest BCUT2D eigenvalue weighted by molar-refractivity contribution is -0.116. The van der Waals surface area contributed by atoms with Gasteiger partial charge in [0.1, 0.15) is 0 Å². The molecule has 7 nitrogen and oxygen atoms in total. The Hall–Kier alpha value is -2.44. The van der Waals surface area contributed by atoms with Crippen molar-refractivity contribution in [3.8, 4) is 6.01 Å². The van der Waals surface area contributed by atoms with Crippen molar-refractivity contribution in [3.05, 3.63) is 30.1 Å². The molecule has 0 saturated carbocycles. The van der Waals surface area contributed by atoms with Gasteiger partial charge >= 0.3 is 6.01 Å². The molecule has 2 heterocycles. The quantitative estimate of drug-likeness (QED) is 0.814.